The number of hydrogen-bond acceptors (Lipinski definition) is 5. The molecule has 27 heavy (non-hydrogen) atoms. The highest BCUT2D eigenvalue weighted by Gasteiger charge is 2.42. The molecule has 7 heteroatoms. The zero-order valence-corrected chi connectivity index (χ0v) is 15.1. The number of fused-ring (bicyclic) bond motifs is 3. The molecule has 2 aromatic carbocycles. The Morgan fingerprint density at radius 2 is 2.00 bits per heavy atom. The molecule has 0 bridgehead atoms. The predicted molar refractivity (Wildman–Crippen MR) is 104 cm³/mol. The molecule has 2 aromatic rings. The highest BCUT2D eigenvalue weighted by atomic mass is 32.2. The molecule has 1 unspecified atom stereocenters. The first kappa shape index (κ1) is 16.3. The number of amidine groups is 1. The zero-order valence-electron chi connectivity index (χ0n) is 14.3. The van der Waals surface area contributed by atoms with Gasteiger partial charge in [0, 0.05) is 17.7 Å². The number of benzene rings is 2. The Balaban J connectivity index is 1.72. The molecule has 0 spiro atoms. The van der Waals surface area contributed by atoms with Crippen molar-refractivity contribution in [2.75, 3.05) is 5.75 Å². The van der Waals surface area contributed by atoms with Crippen LogP contribution in [-0.4, -0.2) is 26.7 Å². The fourth-order valence-electron chi connectivity index (χ4n) is 4.05. The first-order valence-electron chi connectivity index (χ1n) is 8.73. The van der Waals surface area contributed by atoms with E-state index in [2.05, 4.69) is 12.1 Å². The number of thioether (sulfide) groups is 1. The molecule has 3 aliphatic rings. The van der Waals surface area contributed by atoms with E-state index in [1.165, 1.54) is 23.4 Å². The average Bonchev–Trinajstić information content (AvgIpc) is 3.07. The van der Waals surface area contributed by atoms with E-state index in [-0.39, 0.29) is 17.6 Å². The van der Waals surface area contributed by atoms with Crippen molar-refractivity contribution >= 4 is 34.2 Å². The number of amides is 1. The van der Waals surface area contributed by atoms with Gasteiger partial charge >= 0.3 is 0 Å². The summed E-state index contributed by atoms with van der Waals surface area (Å²) in [5, 5.41) is 11.9. The van der Waals surface area contributed by atoms with E-state index in [0.29, 0.717) is 10.9 Å². The van der Waals surface area contributed by atoms with Crippen LogP contribution in [0.15, 0.2) is 59.1 Å². The number of hydrogen-bond donors (Lipinski definition) is 0. The maximum absolute atomic E-state index is 12.6. The van der Waals surface area contributed by atoms with E-state index in [9.17, 15) is 14.9 Å². The van der Waals surface area contributed by atoms with Gasteiger partial charge in [-0.2, -0.15) is 0 Å². The topological polar surface area (TPSA) is 75.8 Å². The second-order valence-electron chi connectivity index (χ2n) is 6.73. The van der Waals surface area contributed by atoms with E-state index in [1.807, 2.05) is 18.2 Å². The number of nitro groups is 1. The van der Waals surface area contributed by atoms with Gasteiger partial charge in [0.15, 0.2) is 5.17 Å². The van der Waals surface area contributed by atoms with E-state index < -0.39 is 4.92 Å². The van der Waals surface area contributed by atoms with Crippen LogP contribution in [0, 0.1) is 10.1 Å². The lowest BCUT2D eigenvalue weighted by Gasteiger charge is -2.37. The molecule has 2 aliphatic heterocycles. The molecule has 1 saturated heterocycles. The molecule has 134 valence electrons. The van der Waals surface area contributed by atoms with Crippen LogP contribution < -0.4 is 0 Å². The first-order valence-corrected chi connectivity index (χ1v) is 9.71. The number of carbonyl (C=O) groups excluding carboxylic acids is 1. The summed E-state index contributed by atoms with van der Waals surface area (Å²) in [7, 11) is 0. The van der Waals surface area contributed by atoms with E-state index in [4.69, 9.17) is 4.99 Å². The van der Waals surface area contributed by atoms with E-state index in [1.54, 1.807) is 17.0 Å². The summed E-state index contributed by atoms with van der Waals surface area (Å²) in [5.41, 5.74) is 5.13. The van der Waals surface area contributed by atoms with Crippen molar-refractivity contribution in [2.45, 2.75) is 18.9 Å². The van der Waals surface area contributed by atoms with Crippen molar-refractivity contribution in [2.24, 2.45) is 4.99 Å². The monoisotopic (exact) mass is 377 g/mol. The first-order chi connectivity index (χ1) is 13.1. The van der Waals surface area contributed by atoms with Crippen molar-refractivity contribution < 1.29 is 9.72 Å². The maximum Gasteiger partial charge on any atom is 0.269 e. The Kier molecular flexibility index (Phi) is 3.65. The van der Waals surface area contributed by atoms with Gasteiger partial charge in [0.25, 0.3) is 5.69 Å². The van der Waals surface area contributed by atoms with Gasteiger partial charge in [-0.1, -0.05) is 48.2 Å². The van der Waals surface area contributed by atoms with E-state index >= 15 is 0 Å². The lowest BCUT2D eigenvalue weighted by molar-refractivity contribution is -0.384. The lowest BCUT2D eigenvalue weighted by Crippen LogP contribution is -2.38. The lowest BCUT2D eigenvalue weighted by atomic mass is 9.82. The zero-order chi connectivity index (χ0) is 18.5. The van der Waals surface area contributed by atoms with Crippen LogP contribution in [0.3, 0.4) is 0 Å². The Morgan fingerprint density at radius 3 is 2.85 bits per heavy atom. The van der Waals surface area contributed by atoms with Crippen molar-refractivity contribution in [1.29, 1.82) is 0 Å². The Hall–Kier alpha value is -2.93. The van der Waals surface area contributed by atoms with Crippen LogP contribution >= 0.6 is 11.8 Å². The van der Waals surface area contributed by atoms with Gasteiger partial charge in [0.2, 0.25) is 5.91 Å². The summed E-state index contributed by atoms with van der Waals surface area (Å²) in [5.74, 6) is 0.354. The molecule has 6 nitrogen and oxygen atoms in total. The Morgan fingerprint density at radius 1 is 1.15 bits per heavy atom. The Labute approximate surface area is 159 Å². The third-order valence-electron chi connectivity index (χ3n) is 5.23. The summed E-state index contributed by atoms with van der Waals surface area (Å²) in [6.07, 6.45) is 1.66. The van der Waals surface area contributed by atoms with Crippen LogP contribution in [0.4, 0.5) is 5.69 Å². The van der Waals surface area contributed by atoms with Gasteiger partial charge in [-0.3, -0.25) is 19.8 Å². The highest BCUT2D eigenvalue weighted by Crippen LogP contribution is 2.47. The quantitative estimate of drug-likeness (QED) is 0.587. The molecule has 0 radical (unpaired) electrons. The third kappa shape index (κ3) is 2.49. The van der Waals surface area contributed by atoms with Gasteiger partial charge in [-0.15, -0.1) is 0 Å². The van der Waals surface area contributed by atoms with Gasteiger partial charge in [-0.25, -0.2) is 4.99 Å². The van der Waals surface area contributed by atoms with Crippen LogP contribution in [0.5, 0.6) is 0 Å². The second kappa shape index (κ2) is 6.06. The number of aliphatic imine (C=N–C) groups is 1. The normalized spacial score (nSPS) is 20.7. The second-order valence-corrected chi connectivity index (χ2v) is 7.67. The SMILES string of the molecule is O=C1CSC2=NC3=C(CCc4ccccc43)C(c3cccc([N+](=O)[O-])c3)N12. The van der Waals surface area contributed by atoms with Crippen molar-refractivity contribution in [3.05, 3.63) is 80.9 Å². The molecule has 5 rings (SSSR count). The molecule has 1 atom stereocenters. The summed E-state index contributed by atoms with van der Waals surface area (Å²) < 4.78 is 0. The summed E-state index contributed by atoms with van der Waals surface area (Å²) >= 11 is 1.43. The smallest absolute Gasteiger partial charge is 0.269 e. The predicted octanol–water partition coefficient (Wildman–Crippen LogP) is 3.94. The molecule has 0 saturated carbocycles. The molecule has 1 amide bonds. The molecular formula is C20H15N3O3S. The standard InChI is InChI=1S/C20H15N3O3S/c24-17-11-27-20-21-18-15-7-2-1-4-12(15)8-9-16(18)19(22(17)20)13-5-3-6-14(10-13)23(25)26/h1-7,10,19H,8-9,11H2. The van der Waals surface area contributed by atoms with Crippen LogP contribution in [0.1, 0.15) is 29.2 Å². The van der Waals surface area contributed by atoms with Crippen LogP contribution in [0.25, 0.3) is 5.70 Å². The molecule has 2 heterocycles. The van der Waals surface area contributed by atoms with Crippen molar-refractivity contribution in [1.82, 2.24) is 4.90 Å². The number of nitro benzene ring substituents is 1. The van der Waals surface area contributed by atoms with Gasteiger partial charge < -0.3 is 0 Å². The number of non-ortho nitro benzene ring substituents is 1. The van der Waals surface area contributed by atoms with Crippen molar-refractivity contribution in [3.63, 3.8) is 0 Å². The average molecular weight is 377 g/mol. The highest BCUT2D eigenvalue weighted by molar-refractivity contribution is 8.15. The van der Waals surface area contributed by atoms with Crippen molar-refractivity contribution in [3.8, 4) is 0 Å². The number of rotatable bonds is 2. The molecule has 0 aromatic heterocycles. The molecule has 0 N–H and O–H groups in total. The van der Waals surface area contributed by atoms with Crippen LogP contribution in [0.2, 0.25) is 0 Å². The number of aryl methyl sites for hydroxylation is 1. The summed E-state index contributed by atoms with van der Waals surface area (Å²) in [4.78, 5) is 30.0. The molecule has 1 fully saturated rings. The number of nitrogens with zero attached hydrogens (tertiary/aromatic N) is 3. The fourth-order valence-corrected chi connectivity index (χ4v) is 4.94. The van der Waals surface area contributed by atoms with Gasteiger partial charge in [0.05, 0.1) is 22.4 Å². The fraction of sp³-hybridized carbons (Fsp3) is 0.200. The molecule has 1 aliphatic carbocycles. The maximum atomic E-state index is 12.6. The van der Waals surface area contributed by atoms with Gasteiger partial charge in [-0.05, 0) is 29.5 Å². The third-order valence-corrected chi connectivity index (χ3v) is 6.17. The minimum atomic E-state index is -0.395. The molecular weight excluding hydrogens is 362 g/mol. The minimum Gasteiger partial charge on any atom is -0.279 e. The van der Waals surface area contributed by atoms with Gasteiger partial charge in [0.1, 0.15) is 0 Å². The van der Waals surface area contributed by atoms with E-state index in [0.717, 1.165) is 35.2 Å². The minimum absolute atomic E-state index is 0.000615. The summed E-state index contributed by atoms with van der Waals surface area (Å²) in [6, 6.07) is 14.5. The Bertz CT molecular complexity index is 1060. The summed E-state index contributed by atoms with van der Waals surface area (Å²) in [6.45, 7) is 0. The number of carbonyl (C=O) groups is 1. The largest absolute Gasteiger partial charge is 0.279 e. The van der Waals surface area contributed by atoms with Crippen LogP contribution in [-0.2, 0) is 11.2 Å².